The lowest BCUT2D eigenvalue weighted by molar-refractivity contribution is -0.114. The molecule has 1 amide bonds. The van der Waals surface area contributed by atoms with E-state index in [2.05, 4.69) is 16.8 Å². The number of ether oxygens (including phenoxy) is 1. The van der Waals surface area contributed by atoms with Crippen molar-refractivity contribution in [2.75, 3.05) is 55.7 Å². The van der Waals surface area contributed by atoms with Gasteiger partial charge in [0.25, 0.3) is 5.91 Å². The normalized spacial score (nSPS) is 19.4. The van der Waals surface area contributed by atoms with Crippen LogP contribution < -0.4 is 15.5 Å². The first kappa shape index (κ1) is 20.7. The molecule has 2 fully saturated rings. The molecule has 1 saturated carbocycles. The summed E-state index contributed by atoms with van der Waals surface area (Å²) >= 11 is 0. The van der Waals surface area contributed by atoms with Crippen LogP contribution in [0.15, 0.2) is 35.0 Å². The Morgan fingerprint density at radius 1 is 1.33 bits per heavy atom. The molecule has 7 nitrogen and oxygen atoms in total. The number of hydrogen-bond donors (Lipinski definition) is 1. The monoisotopic (exact) mass is 415 g/mol. The SMILES string of the molecule is CCCN(CC1CC1)C1=NC(C(N)=O)=CCN1c1ccc(N2CCOCC2)c(F)c1. The number of halogens is 1. The number of nitrogens with two attached hydrogens (primary N) is 1. The minimum atomic E-state index is -0.538. The fourth-order valence-electron chi connectivity index (χ4n) is 3.97. The van der Waals surface area contributed by atoms with Gasteiger partial charge in [0.05, 0.1) is 18.9 Å². The summed E-state index contributed by atoms with van der Waals surface area (Å²) in [4.78, 5) is 22.5. The lowest BCUT2D eigenvalue weighted by Crippen LogP contribution is -2.48. The van der Waals surface area contributed by atoms with E-state index in [9.17, 15) is 4.79 Å². The molecule has 1 aromatic carbocycles. The van der Waals surface area contributed by atoms with E-state index in [0.717, 1.165) is 25.2 Å². The van der Waals surface area contributed by atoms with E-state index in [1.54, 1.807) is 12.1 Å². The maximum atomic E-state index is 15.0. The molecule has 0 bridgehead atoms. The smallest absolute Gasteiger partial charge is 0.267 e. The number of morpholine rings is 1. The van der Waals surface area contributed by atoms with Crippen LogP contribution in [0.1, 0.15) is 26.2 Å². The van der Waals surface area contributed by atoms with Gasteiger partial charge in [0.2, 0.25) is 5.96 Å². The number of benzene rings is 1. The Balaban J connectivity index is 1.62. The number of carbonyl (C=O) groups is 1. The van der Waals surface area contributed by atoms with E-state index in [1.807, 2.05) is 21.9 Å². The van der Waals surface area contributed by atoms with Gasteiger partial charge in [0, 0.05) is 38.4 Å². The molecule has 3 aliphatic rings. The Hall–Kier alpha value is -2.61. The third kappa shape index (κ3) is 4.59. The number of guanidine groups is 1. The number of aliphatic imine (C=N–C) groups is 1. The highest BCUT2D eigenvalue weighted by Crippen LogP contribution is 2.32. The molecule has 2 aliphatic heterocycles. The van der Waals surface area contributed by atoms with Crippen molar-refractivity contribution in [2.24, 2.45) is 16.6 Å². The second-order valence-corrected chi connectivity index (χ2v) is 8.10. The van der Waals surface area contributed by atoms with Crippen molar-refractivity contribution in [3.05, 3.63) is 35.8 Å². The molecule has 1 aliphatic carbocycles. The lowest BCUT2D eigenvalue weighted by atomic mass is 10.2. The Bertz CT molecular complexity index is 846. The third-order valence-electron chi connectivity index (χ3n) is 5.73. The summed E-state index contributed by atoms with van der Waals surface area (Å²) in [6.07, 6.45) is 5.10. The van der Waals surface area contributed by atoms with E-state index >= 15 is 4.39 Å². The minimum absolute atomic E-state index is 0.261. The van der Waals surface area contributed by atoms with Crippen molar-refractivity contribution >= 4 is 23.2 Å². The summed E-state index contributed by atoms with van der Waals surface area (Å²) in [5.41, 5.74) is 7.08. The zero-order valence-corrected chi connectivity index (χ0v) is 17.5. The van der Waals surface area contributed by atoms with Crippen LogP contribution in [0.3, 0.4) is 0 Å². The summed E-state index contributed by atoms with van der Waals surface area (Å²) in [6, 6.07) is 5.31. The highest BCUT2D eigenvalue weighted by molar-refractivity contribution is 6.03. The van der Waals surface area contributed by atoms with Gasteiger partial charge in [0.1, 0.15) is 11.5 Å². The highest BCUT2D eigenvalue weighted by atomic mass is 19.1. The van der Waals surface area contributed by atoms with E-state index < -0.39 is 5.91 Å². The van der Waals surface area contributed by atoms with Crippen molar-refractivity contribution in [3.63, 3.8) is 0 Å². The van der Waals surface area contributed by atoms with Gasteiger partial charge in [-0.1, -0.05) is 6.92 Å². The number of primary amides is 1. The van der Waals surface area contributed by atoms with Gasteiger partial charge in [-0.05, 0) is 49.5 Å². The molecular formula is C22H30FN5O2. The molecule has 30 heavy (non-hydrogen) atoms. The molecule has 0 spiro atoms. The topological polar surface area (TPSA) is 74.4 Å². The highest BCUT2D eigenvalue weighted by Gasteiger charge is 2.30. The zero-order valence-electron chi connectivity index (χ0n) is 17.5. The van der Waals surface area contributed by atoms with Crippen molar-refractivity contribution in [3.8, 4) is 0 Å². The molecule has 2 N–H and O–H groups in total. The number of amides is 1. The Morgan fingerprint density at radius 3 is 2.73 bits per heavy atom. The van der Waals surface area contributed by atoms with Gasteiger partial charge >= 0.3 is 0 Å². The second kappa shape index (κ2) is 9.04. The van der Waals surface area contributed by atoms with E-state index in [0.29, 0.717) is 50.4 Å². The van der Waals surface area contributed by atoms with Gasteiger partial charge in [-0.25, -0.2) is 9.38 Å². The Labute approximate surface area is 177 Å². The summed E-state index contributed by atoms with van der Waals surface area (Å²) in [5, 5.41) is 0. The summed E-state index contributed by atoms with van der Waals surface area (Å²) in [7, 11) is 0. The number of anilines is 2. The molecule has 2 heterocycles. The van der Waals surface area contributed by atoms with Crippen molar-refractivity contribution in [2.45, 2.75) is 26.2 Å². The fraction of sp³-hybridized carbons (Fsp3) is 0.545. The van der Waals surface area contributed by atoms with Gasteiger partial charge in [-0.2, -0.15) is 0 Å². The summed E-state index contributed by atoms with van der Waals surface area (Å²) in [6.45, 7) is 6.85. The van der Waals surface area contributed by atoms with Crippen LogP contribution in [0.25, 0.3) is 0 Å². The molecule has 1 aromatic rings. The molecular weight excluding hydrogens is 385 g/mol. The fourth-order valence-corrected chi connectivity index (χ4v) is 3.97. The quantitative estimate of drug-likeness (QED) is 0.740. The molecule has 0 radical (unpaired) electrons. The van der Waals surface area contributed by atoms with Crippen LogP contribution in [0.2, 0.25) is 0 Å². The van der Waals surface area contributed by atoms with E-state index in [-0.39, 0.29) is 11.5 Å². The first-order valence-corrected chi connectivity index (χ1v) is 10.8. The van der Waals surface area contributed by atoms with Crippen molar-refractivity contribution in [1.82, 2.24) is 4.90 Å². The third-order valence-corrected chi connectivity index (χ3v) is 5.73. The first-order valence-electron chi connectivity index (χ1n) is 10.8. The minimum Gasteiger partial charge on any atom is -0.378 e. The lowest BCUT2D eigenvalue weighted by Gasteiger charge is -2.36. The first-order chi connectivity index (χ1) is 14.6. The molecule has 4 rings (SSSR count). The summed E-state index contributed by atoms with van der Waals surface area (Å²) < 4.78 is 20.4. The van der Waals surface area contributed by atoms with Crippen molar-refractivity contribution in [1.29, 1.82) is 0 Å². The van der Waals surface area contributed by atoms with E-state index in [1.165, 1.54) is 12.8 Å². The Morgan fingerprint density at radius 2 is 2.10 bits per heavy atom. The van der Waals surface area contributed by atoms with Crippen LogP contribution in [0.5, 0.6) is 0 Å². The zero-order chi connectivity index (χ0) is 21.1. The van der Waals surface area contributed by atoms with Crippen LogP contribution in [-0.4, -0.2) is 62.7 Å². The average Bonchev–Trinajstić information content (AvgIpc) is 3.57. The van der Waals surface area contributed by atoms with Gasteiger partial charge < -0.3 is 25.2 Å². The number of rotatable bonds is 7. The maximum Gasteiger partial charge on any atom is 0.267 e. The number of nitrogens with zero attached hydrogens (tertiary/aromatic N) is 4. The number of carbonyl (C=O) groups excluding carboxylic acids is 1. The van der Waals surface area contributed by atoms with Crippen LogP contribution >= 0.6 is 0 Å². The van der Waals surface area contributed by atoms with Gasteiger partial charge in [-0.3, -0.25) is 4.79 Å². The molecule has 0 unspecified atom stereocenters. The van der Waals surface area contributed by atoms with Crippen LogP contribution in [-0.2, 0) is 9.53 Å². The molecule has 0 atom stereocenters. The average molecular weight is 416 g/mol. The molecule has 0 aromatic heterocycles. The molecule has 8 heteroatoms. The standard InChI is InChI=1S/C22H30FN5O2/c1-2-8-27(15-16-3-4-16)22-25-19(21(24)29)7-9-28(22)17-5-6-20(18(23)14-17)26-10-12-30-13-11-26/h5-7,14,16H,2-4,8-13,15H2,1H3,(H2,24,29). The number of hydrogen-bond acceptors (Lipinski definition) is 6. The van der Waals surface area contributed by atoms with Crippen LogP contribution in [0.4, 0.5) is 15.8 Å². The second-order valence-electron chi connectivity index (χ2n) is 8.10. The predicted molar refractivity (Wildman–Crippen MR) is 116 cm³/mol. The Kier molecular flexibility index (Phi) is 6.22. The largest absolute Gasteiger partial charge is 0.378 e. The molecule has 1 saturated heterocycles. The van der Waals surface area contributed by atoms with Gasteiger partial charge in [0.15, 0.2) is 0 Å². The molecule has 162 valence electrons. The van der Waals surface area contributed by atoms with Crippen LogP contribution in [0, 0.1) is 11.7 Å². The van der Waals surface area contributed by atoms with Gasteiger partial charge in [-0.15, -0.1) is 0 Å². The summed E-state index contributed by atoms with van der Waals surface area (Å²) in [5.74, 6) is 0.537. The predicted octanol–water partition coefficient (Wildman–Crippen LogP) is 2.33. The van der Waals surface area contributed by atoms with E-state index in [4.69, 9.17) is 10.5 Å². The maximum absolute atomic E-state index is 15.0. The van der Waals surface area contributed by atoms with Crippen molar-refractivity contribution < 1.29 is 13.9 Å².